The Balaban J connectivity index is 1.36. The van der Waals surface area contributed by atoms with E-state index in [4.69, 9.17) is 0 Å². The fourth-order valence-electron chi connectivity index (χ4n) is 5.38. The third-order valence-corrected chi connectivity index (χ3v) is 6.27. The van der Waals surface area contributed by atoms with Crippen molar-refractivity contribution in [2.75, 3.05) is 0 Å². The average molecular weight is 332 g/mol. The Morgan fingerprint density at radius 3 is 2.50 bits per heavy atom. The molecule has 0 aromatic carbocycles. The van der Waals surface area contributed by atoms with Crippen molar-refractivity contribution in [1.29, 1.82) is 0 Å². The molecule has 1 aromatic heterocycles. The summed E-state index contributed by atoms with van der Waals surface area (Å²) in [4.78, 5) is 22.8. The van der Waals surface area contributed by atoms with Crippen LogP contribution in [0.5, 0.6) is 0 Å². The van der Waals surface area contributed by atoms with E-state index in [9.17, 15) is 14.9 Å². The number of nitro groups is 1. The SMILES string of the molecule is CC(Cn1cc([N+](=O)[O-])cn1)C(=O)NC1C2CC3CC(C2)CC1C3. The minimum atomic E-state index is -0.469. The summed E-state index contributed by atoms with van der Waals surface area (Å²) in [6, 6.07) is 0.333. The van der Waals surface area contributed by atoms with Gasteiger partial charge in [0.1, 0.15) is 12.4 Å². The molecule has 1 heterocycles. The van der Waals surface area contributed by atoms with Gasteiger partial charge >= 0.3 is 5.69 Å². The summed E-state index contributed by atoms with van der Waals surface area (Å²) in [6.45, 7) is 2.23. The molecule has 7 nitrogen and oxygen atoms in total. The van der Waals surface area contributed by atoms with Crippen LogP contribution in [0.1, 0.15) is 39.0 Å². The van der Waals surface area contributed by atoms with Crippen LogP contribution in [0.25, 0.3) is 0 Å². The predicted molar refractivity (Wildman–Crippen MR) is 87.0 cm³/mol. The first kappa shape index (κ1) is 15.6. The normalized spacial score (nSPS) is 35.0. The van der Waals surface area contributed by atoms with E-state index in [1.54, 1.807) is 0 Å². The molecule has 5 rings (SSSR count). The Morgan fingerprint density at radius 2 is 1.96 bits per heavy atom. The molecule has 0 saturated heterocycles. The second-order valence-corrected chi connectivity index (χ2v) is 8.04. The summed E-state index contributed by atoms with van der Waals surface area (Å²) >= 11 is 0. The van der Waals surface area contributed by atoms with E-state index in [1.165, 1.54) is 49.2 Å². The van der Waals surface area contributed by atoms with Gasteiger partial charge in [0.25, 0.3) is 0 Å². The maximum absolute atomic E-state index is 12.6. The fraction of sp³-hybridized carbons (Fsp3) is 0.765. The molecule has 1 amide bonds. The lowest BCUT2D eigenvalue weighted by Crippen LogP contribution is -2.56. The highest BCUT2D eigenvalue weighted by molar-refractivity contribution is 5.78. The summed E-state index contributed by atoms with van der Waals surface area (Å²) in [5.74, 6) is 2.89. The number of carbonyl (C=O) groups is 1. The predicted octanol–water partition coefficient (Wildman–Crippen LogP) is 2.37. The van der Waals surface area contributed by atoms with Crippen molar-refractivity contribution in [3.63, 3.8) is 0 Å². The van der Waals surface area contributed by atoms with E-state index in [-0.39, 0.29) is 17.5 Å². The molecule has 4 aliphatic carbocycles. The van der Waals surface area contributed by atoms with Crippen LogP contribution >= 0.6 is 0 Å². The van der Waals surface area contributed by atoms with Crippen LogP contribution in [0, 0.1) is 39.7 Å². The van der Waals surface area contributed by atoms with Crippen LogP contribution in [0.3, 0.4) is 0 Å². The molecule has 24 heavy (non-hydrogen) atoms. The van der Waals surface area contributed by atoms with Crippen molar-refractivity contribution in [2.45, 2.75) is 51.6 Å². The van der Waals surface area contributed by atoms with Gasteiger partial charge in [0.15, 0.2) is 0 Å². The minimum Gasteiger partial charge on any atom is -0.353 e. The van der Waals surface area contributed by atoms with Gasteiger partial charge in [-0.25, -0.2) is 0 Å². The molecule has 1 aromatic rings. The molecular formula is C17H24N4O3. The highest BCUT2D eigenvalue weighted by Crippen LogP contribution is 2.53. The van der Waals surface area contributed by atoms with Crippen molar-refractivity contribution >= 4 is 11.6 Å². The van der Waals surface area contributed by atoms with Crippen LogP contribution in [0.2, 0.25) is 0 Å². The van der Waals surface area contributed by atoms with E-state index in [0.29, 0.717) is 24.4 Å². The molecule has 1 unspecified atom stereocenters. The Kier molecular flexibility index (Phi) is 3.81. The standard InChI is InChI=1S/C17H24N4O3/c1-10(8-20-9-15(7-18-20)21(23)24)17(22)19-16-13-3-11-2-12(5-13)6-14(16)4-11/h7,9-14,16H,2-6,8H2,1H3,(H,19,22). The van der Waals surface area contributed by atoms with Gasteiger partial charge in [-0.15, -0.1) is 0 Å². The number of rotatable bonds is 5. The van der Waals surface area contributed by atoms with Crippen molar-refractivity contribution in [3.05, 3.63) is 22.5 Å². The van der Waals surface area contributed by atoms with Gasteiger partial charge in [-0.05, 0) is 55.8 Å². The zero-order valence-electron chi connectivity index (χ0n) is 13.9. The largest absolute Gasteiger partial charge is 0.353 e. The summed E-state index contributed by atoms with van der Waals surface area (Å²) in [6.07, 6.45) is 9.11. The van der Waals surface area contributed by atoms with Gasteiger partial charge < -0.3 is 5.32 Å². The van der Waals surface area contributed by atoms with E-state index in [2.05, 4.69) is 10.4 Å². The maximum atomic E-state index is 12.6. The molecule has 4 aliphatic rings. The highest BCUT2D eigenvalue weighted by atomic mass is 16.6. The zero-order chi connectivity index (χ0) is 16.8. The first-order valence-electron chi connectivity index (χ1n) is 8.96. The molecule has 7 heteroatoms. The number of aromatic nitrogens is 2. The lowest BCUT2D eigenvalue weighted by Gasteiger charge is -2.54. The molecule has 1 atom stereocenters. The number of hydrogen-bond acceptors (Lipinski definition) is 4. The topological polar surface area (TPSA) is 90.1 Å². The Labute approximate surface area is 140 Å². The van der Waals surface area contributed by atoms with E-state index in [0.717, 1.165) is 11.8 Å². The highest BCUT2D eigenvalue weighted by Gasteiger charge is 2.48. The van der Waals surface area contributed by atoms with Gasteiger partial charge in [-0.3, -0.25) is 19.6 Å². The van der Waals surface area contributed by atoms with Crippen LogP contribution in [-0.4, -0.2) is 26.7 Å². The van der Waals surface area contributed by atoms with Crippen molar-refractivity contribution in [3.8, 4) is 0 Å². The number of carbonyl (C=O) groups excluding carboxylic acids is 1. The summed E-state index contributed by atoms with van der Waals surface area (Å²) < 4.78 is 1.49. The van der Waals surface area contributed by atoms with Crippen LogP contribution < -0.4 is 5.32 Å². The Bertz CT molecular complexity index is 628. The lowest BCUT2D eigenvalue weighted by atomic mass is 9.54. The molecule has 4 saturated carbocycles. The Morgan fingerprint density at radius 1 is 1.33 bits per heavy atom. The number of amides is 1. The first-order chi connectivity index (χ1) is 11.5. The maximum Gasteiger partial charge on any atom is 0.306 e. The van der Waals surface area contributed by atoms with E-state index >= 15 is 0 Å². The average Bonchev–Trinajstić information content (AvgIpc) is 2.98. The lowest BCUT2D eigenvalue weighted by molar-refractivity contribution is -0.385. The summed E-state index contributed by atoms with van der Waals surface area (Å²) in [5, 5.41) is 18.0. The number of nitrogens with zero attached hydrogens (tertiary/aromatic N) is 3. The van der Waals surface area contributed by atoms with E-state index in [1.807, 2.05) is 6.92 Å². The van der Waals surface area contributed by atoms with Crippen molar-refractivity contribution < 1.29 is 9.72 Å². The van der Waals surface area contributed by atoms with Crippen LogP contribution in [0.4, 0.5) is 5.69 Å². The zero-order valence-corrected chi connectivity index (χ0v) is 13.9. The van der Waals surface area contributed by atoms with Gasteiger partial charge in [0, 0.05) is 6.04 Å². The molecule has 130 valence electrons. The Hall–Kier alpha value is -1.92. The minimum absolute atomic E-state index is 0.0383. The third-order valence-electron chi connectivity index (χ3n) is 6.27. The molecule has 0 aliphatic heterocycles. The molecule has 4 bridgehead atoms. The van der Waals surface area contributed by atoms with Crippen LogP contribution in [0.15, 0.2) is 12.4 Å². The molecule has 0 spiro atoms. The molecule has 1 N–H and O–H groups in total. The molecule has 4 fully saturated rings. The van der Waals surface area contributed by atoms with Gasteiger partial charge in [-0.2, -0.15) is 5.10 Å². The monoisotopic (exact) mass is 332 g/mol. The molecule has 0 radical (unpaired) electrons. The van der Waals surface area contributed by atoms with Crippen molar-refractivity contribution in [2.24, 2.45) is 29.6 Å². The number of nitrogens with one attached hydrogen (secondary N) is 1. The third kappa shape index (κ3) is 2.80. The fourth-order valence-corrected chi connectivity index (χ4v) is 5.38. The molecular weight excluding hydrogens is 308 g/mol. The quantitative estimate of drug-likeness (QED) is 0.662. The summed E-state index contributed by atoms with van der Waals surface area (Å²) in [7, 11) is 0. The van der Waals surface area contributed by atoms with Gasteiger partial charge in [0.05, 0.1) is 17.4 Å². The van der Waals surface area contributed by atoms with E-state index < -0.39 is 4.92 Å². The second-order valence-electron chi connectivity index (χ2n) is 8.04. The summed E-state index contributed by atoms with van der Waals surface area (Å²) in [5.41, 5.74) is -0.0383. The second kappa shape index (κ2) is 5.86. The smallest absolute Gasteiger partial charge is 0.306 e. The van der Waals surface area contributed by atoms with Crippen LogP contribution in [-0.2, 0) is 11.3 Å². The van der Waals surface area contributed by atoms with Crippen molar-refractivity contribution in [1.82, 2.24) is 15.1 Å². The van der Waals surface area contributed by atoms with Gasteiger partial charge in [0.2, 0.25) is 5.91 Å². The van der Waals surface area contributed by atoms with Gasteiger partial charge in [-0.1, -0.05) is 6.92 Å². The number of hydrogen-bond donors (Lipinski definition) is 1. The first-order valence-corrected chi connectivity index (χ1v) is 8.96.